The number of carbonyl (C=O) groups is 2. The van der Waals surface area contributed by atoms with Crippen molar-refractivity contribution in [3.63, 3.8) is 0 Å². The maximum absolute atomic E-state index is 12.1. The van der Waals surface area contributed by atoms with Gasteiger partial charge in [0, 0.05) is 30.1 Å². The van der Waals surface area contributed by atoms with Gasteiger partial charge in [-0.05, 0) is 51.1 Å². The lowest BCUT2D eigenvalue weighted by Crippen LogP contribution is -2.29. The van der Waals surface area contributed by atoms with Crippen LogP contribution in [0.3, 0.4) is 0 Å². The number of benzene rings is 1. The van der Waals surface area contributed by atoms with Crippen molar-refractivity contribution in [3.05, 3.63) is 47.3 Å². The molecule has 0 unspecified atom stereocenters. The highest BCUT2D eigenvalue weighted by atomic mass is 19.4. The fourth-order valence-corrected chi connectivity index (χ4v) is 2.43. The summed E-state index contributed by atoms with van der Waals surface area (Å²) in [6.07, 6.45) is -3.16. The second-order valence-corrected chi connectivity index (χ2v) is 6.18. The van der Waals surface area contributed by atoms with Gasteiger partial charge in [-0.1, -0.05) is 0 Å². The summed E-state index contributed by atoms with van der Waals surface area (Å²) in [5.41, 5.74) is 2.63. The Labute approximate surface area is 165 Å². The number of hydrogen-bond donors (Lipinski definition) is 1. The summed E-state index contributed by atoms with van der Waals surface area (Å²) < 4.78 is 46.9. The molecule has 1 atom stereocenters. The van der Waals surface area contributed by atoms with E-state index in [1.807, 2.05) is 6.92 Å². The van der Waals surface area contributed by atoms with E-state index in [1.54, 1.807) is 24.7 Å². The molecule has 1 heterocycles. The van der Waals surface area contributed by atoms with E-state index < -0.39 is 30.1 Å². The molecule has 0 bridgehead atoms. The van der Waals surface area contributed by atoms with Gasteiger partial charge in [-0.2, -0.15) is 5.10 Å². The van der Waals surface area contributed by atoms with Gasteiger partial charge in [0.05, 0.1) is 5.69 Å². The highest BCUT2D eigenvalue weighted by Gasteiger charge is 2.31. The van der Waals surface area contributed by atoms with Crippen molar-refractivity contribution in [1.29, 1.82) is 0 Å². The van der Waals surface area contributed by atoms with E-state index in [-0.39, 0.29) is 5.69 Å². The quantitative estimate of drug-likeness (QED) is 0.581. The predicted octanol–water partition coefficient (Wildman–Crippen LogP) is 3.52. The third kappa shape index (κ3) is 6.37. The SMILES string of the molecule is Cc1nn(C)c(C)c1/C=C/C(=O)O[C@@H](C)C(=O)Nc1ccc(OC(F)(F)F)cc1. The van der Waals surface area contributed by atoms with Crippen LogP contribution in [0.4, 0.5) is 18.9 Å². The molecule has 156 valence electrons. The first-order valence-electron chi connectivity index (χ1n) is 8.52. The van der Waals surface area contributed by atoms with E-state index >= 15 is 0 Å². The van der Waals surface area contributed by atoms with Crippen molar-refractivity contribution in [2.75, 3.05) is 5.32 Å². The van der Waals surface area contributed by atoms with Gasteiger partial charge in [-0.3, -0.25) is 9.48 Å². The Morgan fingerprint density at radius 2 is 1.83 bits per heavy atom. The van der Waals surface area contributed by atoms with Crippen LogP contribution in [0.25, 0.3) is 6.08 Å². The minimum Gasteiger partial charge on any atom is -0.449 e. The first-order valence-corrected chi connectivity index (χ1v) is 8.52. The lowest BCUT2D eigenvalue weighted by atomic mass is 10.2. The van der Waals surface area contributed by atoms with Gasteiger partial charge in [0.25, 0.3) is 5.91 Å². The molecule has 1 aromatic carbocycles. The van der Waals surface area contributed by atoms with Crippen molar-refractivity contribution in [1.82, 2.24) is 9.78 Å². The number of hydrogen-bond acceptors (Lipinski definition) is 5. The van der Waals surface area contributed by atoms with E-state index in [4.69, 9.17) is 4.74 Å². The van der Waals surface area contributed by atoms with E-state index in [2.05, 4.69) is 15.2 Å². The molecule has 0 saturated heterocycles. The first-order chi connectivity index (χ1) is 13.5. The minimum absolute atomic E-state index is 0.226. The zero-order chi connectivity index (χ0) is 21.8. The number of amides is 1. The predicted molar refractivity (Wildman–Crippen MR) is 99.0 cm³/mol. The monoisotopic (exact) mass is 411 g/mol. The van der Waals surface area contributed by atoms with Crippen LogP contribution in [0.15, 0.2) is 30.3 Å². The molecule has 0 saturated carbocycles. The number of nitrogens with one attached hydrogen (secondary N) is 1. The molecular weight excluding hydrogens is 391 g/mol. The number of rotatable bonds is 6. The molecule has 0 aliphatic carbocycles. The van der Waals surface area contributed by atoms with E-state index in [9.17, 15) is 22.8 Å². The van der Waals surface area contributed by atoms with Crippen LogP contribution >= 0.6 is 0 Å². The smallest absolute Gasteiger partial charge is 0.449 e. The molecule has 10 heteroatoms. The maximum Gasteiger partial charge on any atom is 0.573 e. The van der Waals surface area contributed by atoms with Crippen LogP contribution in [0, 0.1) is 13.8 Å². The second-order valence-electron chi connectivity index (χ2n) is 6.18. The molecule has 0 radical (unpaired) electrons. The van der Waals surface area contributed by atoms with Crippen LogP contribution in [0.5, 0.6) is 5.75 Å². The molecule has 7 nitrogen and oxygen atoms in total. The Balaban J connectivity index is 1.91. The van der Waals surface area contributed by atoms with E-state index in [0.717, 1.165) is 29.1 Å². The molecule has 0 aliphatic rings. The fraction of sp³-hybridized carbons (Fsp3) is 0.316. The minimum atomic E-state index is -4.80. The van der Waals surface area contributed by atoms with E-state index in [1.165, 1.54) is 25.1 Å². The van der Waals surface area contributed by atoms with Crippen LogP contribution in [-0.2, 0) is 21.4 Å². The van der Waals surface area contributed by atoms with Crippen LogP contribution in [-0.4, -0.2) is 34.1 Å². The molecule has 0 aliphatic heterocycles. The Bertz CT molecular complexity index is 918. The fourth-order valence-electron chi connectivity index (χ4n) is 2.43. The Morgan fingerprint density at radius 3 is 2.34 bits per heavy atom. The Kier molecular flexibility index (Phi) is 6.68. The van der Waals surface area contributed by atoms with Gasteiger partial charge in [-0.15, -0.1) is 13.2 Å². The number of aryl methyl sites for hydroxylation is 2. The van der Waals surface area contributed by atoms with Crippen molar-refractivity contribution in [2.24, 2.45) is 7.05 Å². The number of alkyl halides is 3. The number of ether oxygens (including phenoxy) is 2. The molecule has 29 heavy (non-hydrogen) atoms. The summed E-state index contributed by atoms with van der Waals surface area (Å²) in [5, 5.41) is 6.67. The lowest BCUT2D eigenvalue weighted by molar-refractivity contribution is -0.274. The summed E-state index contributed by atoms with van der Waals surface area (Å²) in [6.45, 7) is 5.04. The second kappa shape index (κ2) is 8.80. The number of aromatic nitrogens is 2. The average Bonchev–Trinajstić information content (AvgIpc) is 2.85. The largest absolute Gasteiger partial charge is 0.573 e. The first kappa shape index (κ1) is 22.0. The molecule has 1 amide bonds. The van der Waals surface area contributed by atoms with Crippen molar-refractivity contribution < 1.29 is 32.2 Å². The highest BCUT2D eigenvalue weighted by Crippen LogP contribution is 2.24. The van der Waals surface area contributed by atoms with Crippen molar-refractivity contribution in [2.45, 2.75) is 33.2 Å². The molecular formula is C19H20F3N3O4. The average molecular weight is 411 g/mol. The molecule has 2 aromatic rings. The molecule has 1 aromatic heterocycles. The number of esters is 1. The summed E-state index contributed by atoms with van der Waals surface area (Å²) >= 11 is 0. The zero-order valence-corrected chi connectivity index (χ0v) is 16.2. The van der Waals surface area contributed by atoms with Gasteiger partial charge in [0.1, 0.15) is 5.75 Å². The van der Waals surface area contributed by atoms with Gasteiger partial charge in [-0.25, -0.2) is 4.79 Å². The Morgan fingerprint density at radius 1 is 1.21 bits per heavy atom. The zero-order valence-electron chi connectivity index (χ0n) is 16.2. The standard InChI is InChI=1S/C19H20F3N3O4/c1-11-16(12(2)25(4)24-11)9-10-17(26)28-13(3)18(27)23-14-5-7-15(8-6-14)29-19(20,21)22/h5-10,13H,1-4H3,(H,23,27)/b10-9+/t13-/m0/s1. The van der Waals surface area contributed by atoms with Crippen molar-refractivity contribution in [3.8, 4) is 5.75 Å². The Hall–Kier alpha value is -3.30. The molecule has 0 spiro atoms. The summed E-state index contributed by atoms with van der Waals surface area (Å²) in [6, 6.07) is 4.59. The number of carbonyl (C=O) groups excluding carboxylic acids is 2. The third-order valence-electron chi connectivity index (χ3n) is 3.97. The normalized spacial score (nSPS) is 12.7. The van der Waals surface area contributed by atoms with Crippen LogP contribution < -0.4 is 10.1 Å². The van der Waals surface area contributed by atoms with E-state index in [0.29, 0.717) is 0 Å². The number of halogens is 3. The molecule has 1 N–H and O–H groups in total. The summed E-state index contributed by atoms with van der Waals surface area (Å²) in [7, 11) is 1.78. The molecule has 2 rings (SSSR count). The van der Waals surface area contributed by atoms with Gasteiger partial charge in [0.2, 0.25) is 0 Å². The number of anilines is 1. The van der Waals surface area contributed by atoms with Crippen LogP contribution in [0.1, 0.15) is 23.9 Å². The summed E-state index contributed by atoms with van der Waals surface area (Å²) in [4.78, 5) is 24.1. The summed E-state index contributed by atoms with van der Waals surface area (Å²) in [5.74, 6) is -1.77. The lowest BCUT2D eigenvalue weighted by Gasteiger charge is -2.13. The van der Waals surface area contributed by atoms with Gasteiger partial charge >= 0.3 is 12.3 Å². The van der Waals surface area contributed by atoms with Crippen molar-refractivity contribution >= 4 is 23.6 Å². The van der Waals surface area contributed by atoms with Gasteiger partial charge < -0.3 is 14.8 Å². The number of nitrogens with zero attached hydrogens (tertiary/aromatic N) is 2. The topological polar surface area (TPSA) is 82.5 Å². The van der Waals surface area contributed by atoms with Gasteiger partial charge in [0.15, 0.2) is 6.10 Å². The highest BCUT2D eigenvalue weighted by molar-refractivity contribution is 5.96. The maximum atomic E-state index is 12.1. The molecule has 0 fully saturated rings. The van der Waals surface area contributed by atoms with Crippen LogP contribution in [0.2, 0.25) is 0 Å². The third-order valence-corrected chi connectivity index (χ3v) is 3.97.